The van der Waals surface area contributed by atoms with Crippen molar-refractivity contribution in [3.05, 3.63) is 47.2 Å². The zero-order chi connectivity index (χ0) is 22.5. The summed E-state index contributed by atoms with van der Waals surface area (Å²) in [6.45, 7) is 4.65. The number of methoxy groups -OCH3 is 1. The largest absolute Gasteiger partial charge is 0.493 e. The highest BCUT2D eigenvalue weighted by Gasteiger charge is 2.16. The predicted octanol–water partition coefficient (Wildman–Crippen LogP) is 3.76. The first kappa shape index (κ1) is 22.1. The molecule has 0 saturated carbocycles. The molecule has 2 aromatic carbocycles. The quantitative estimate of drug-likeness (QED) is 0.608. The average Bonchev–Trinajstić information content (AvgIpc) is 2.79. The van der Waals surface area contributed by atoms with Gasteiger partial charge in [0.1, 0.15) is 12.1 Å². The molecule has 0 fully saturated rings. The first-order valence-electron chi connectivity index (χ1n) is 10.6. The number of benzene rings is 2. The number of ether oxygens (including phenoxy) is 2. The van der Waals surface area contributed by atoms with Crippen LogP contribution >= 0.6 is 11.6 Å². The lowest BCUT2D eigenvalue weighted by molar-refractivity contribution is -0.122. The molecule has 32 heavy (non-hydrogen) atoms. The first-order chi connectivity index (χ1) is 15.6. The number of carbonyl (C=O) groups excluding carboxylic acids is 1. The van der Waals surface area contributed by atoms with Crippen LogP contribution in [0, 0.1) is 0 Å². The summed E-state index contributed by atoms with van der Waals surface area (Å²) in [4.78, 5) is 23.4. The molecule has 0 atom stereocenters. The van der Waals surface area contributed by atoms with E-state index in [9.17, 15) is 4.79 Å². The third-order valence-corrected chi connectivity index (χ3v) is 5.59. The molecule has 168 valence electrons. The van der Waals surface area contributed by atoms with Gasteiger partial charge in [-0.15, -0.1) is 0 Å². The number of rotatable bonds is 2. The Balaban J connectivity index is 1.80. The van der Waals surface area contributed by atoms with E-state index < -0.39 is 0 Å². The molecule has 1 aliphatic rings. The lowest BCUT2D eigenvalue weighted by atomic mass is 10.1. The maximum absolute atomic E-state index is 12.4. The lowest BCUT2D eigenvalue weighted by Gasteiger charge is -2.22. The zero-order valence-corrected chi connectivity index (χ0v) is 18.9. The van der Waals surface area contributed by atoms with Gasteiger partial charge in [0.15, 0.2) is 11.5 Å². The first-order valence-corrected chi connectivity index (χ1v) is 10.9. The maximum Gasteiger partial charge on any atom is 0.234 e. The van der Waals surface area contributed by atoms with Crippen molar-refractivity contribution in [3.8, 4) is 11.5 Å². The minimum Gasteiger partial charge on any atom is -0.493 e. The van der Waals surface area contributed by atoms with Gasteiger partial charge < -0.3 is 20.1 Å². The topological polar surface area (TPSA) is 88.6 Å². The summed E-state index contributed by atoms with van der Waals surface area (Å²) in [7, 11) is 1.60. The number of nitrogens with one attached hydrogen (secondary N) is 2. The van der Waals surface area contributed by atoms with E-state index in [2.05, 4.69) is 25.5 Å². The van der Waals surface area contributed by atoms with Crippen LogP contribution in [0.1, 0.15) is 18.9 Å². The Labute approximate surface area is 191 Å². The number of halogens is 1. The number of hydrogen-bond donors (Lipinski definition) is 2. The molecule has 8 nitrogen and oxygen atoms in total. The molecule has 2 N–H and O–H groups in total. The highest BCUT2D eigenvalue weighted by Crippen LogP contribution is 2.35. The summed E-state index contributed by atoms with van der Waals surface area (Å²) >= 11 is 6.31. The molecule has 1 aromatic heterocycles. The summed E-state index contributed by atoms with van der Waals surface area (Å²) in [5.41, 5.74) is 2.56. The van der Waals surface area contributed by atoms with Crippen LogP contribution in [0.15, 0.2) is 36.7 Å². The second-order valence-corrected chi connectivity index (χ2v) is 7.96. The van der Waals surface area contributed by atoms with E-state index in [0.717, 1.165) is 28.7 Å². The molecule has 2 heterocycles. The standard InChI is InChI=1S/C23H26ClN5O3/c1-3-29-12-15-5-6-16(24)9-18(15)28-23-17-10-21(32-8-4-7-25-22(30)13-29)20(31-2)11-19(17)26-14-27-23/h5-6,9-11,14H,3-4,7-8,12-13H2,1-2H3,(H,25,30)(H,26,27,28). The number of hydrogen-bond acceptors (Lipinski definition) is 7. The second-order valence-electron chi connectivity index (χ2n) is 7.52. The van der Waals surface area contributed by atoms with Gasteiger partial charge in [-0.25, -0.2) is 9.97 Å². The van der Waals surface area contributed by atoms with Gasteiger partial charge >= 0.3 is 0 Å². The van der Waals surface area contributed by atoms with E-state index in [0.29, 0.717) is 55.0 Å². The number of carbonyl (C=O) groups is 1. The average molecular weight is 456 g/mol. The van der Waals surface area contributed by atoms with Gasteiger partial charge in [0.05, 0.1) is 25.8 Å². The Morgan fingerprint density at radius 2 is 2.09 bits per heavy atom. The third-order valence-electron chi connectivity index (χ3n) is 5.35. The molecule has 0 aliphatic carbocycles. The van der Waals surface area contributed by atoms with Crippen molar-refractivity contribution in [2.45, 2.75) is 19.9 Å². The van der Waals surface area contributed by atoms with Crippen molar-refractivity contribution in [2.24, 2.45) is 0 Å². The lowest BCUT2D eigenvalue weighted by Crippen LogP contribution is -2.37. The summed E-state index contributed by atoms with van der Waals surface area (Å²) < 4.78 is 11.5. The van der Waals surface area contributed by atoms with Gasteiger partial charge in [0, 0.05) is 35.3 Å². The van der Waals surface area contributed by atoms with Crippen molar-refractivity contribution in [1.29, 1.82) is 0 Å². The van der Waals surface area contributed by atoms with Gasteiger partial charge in [-0.2, -0.15) is 0 Å². The molecule has 2 bridgehead atoms. The Morgan fingerprint density at radius 3 is 2.91 bits per heavy atom. The number of likely N-dealkylation sites (N-methyl/N-ethyl adjacent to an activating group) is 1. The fourth-order valence-electron chi connectivity index (χ4n) is 3.63. The van der Waals surface area contributed by atoms with E-state index in [1.54, 1.807) is 7.11 Å². The van der Waals surface area contributed by atoms with E-state index >= 15 is 0 Å². The van der Waals surface area contributed by atoms with Gasteiger partial charge in [-0.3, -0.25) is 9.69 Å². The Bertz CT molecular complexity index is 1120. The van der Waals surface area contributed by atoms with Crippen LogP contribution in [0.25, 0.3) is 10.9 Å². The van der Waals surface area contributed by atoms with E-state index in [-0.39, 0.29) is 5.91 Å². The van der Waals surface area contributed by atoms with E-state index in [4.69, 9.17) is 21.1 Å². The van der Waals surface area contributed by atoms with Crippen molar-refractivity contribution >= 4 is 39.9 Å². The molecule has 3 aromatic rings. The van der Waals surface area contributed by atoms with E-state index in [1.807, 2.05) is 37.3 Å². The minimum absolute atomic E-state index is 0.0143. The number of fused-ring (bicyclic) bond motifs is 2. The minimum atomic E-state index is -0.0143. The molecule has 1 amide bonds. The molecule has 0 radical (unpaired) electrons. The fraction of sp³-hybridized carbons (Fsp3) is 0.348. The molecule has 0 unspecified atom stereocenters. The van der Waals surface area contributed by atoms with E-state index in [1.165, 1.54) is 6.33 Å². The SMILES string of the molecule is CCN1CC(=O)NCCCOc2cc3c(ncnc3cc2OC)Nc2cc(Cl)ccc2C1. The van der Waals surface area contributed by atoms with Gasteiger partial charge in [-0.05, 0) is 36.7 Å². The van der Waals surface area contributed by atoms with Crippen LogP contribution in [0.4, 0.5) is 11.5 Å². The summed E-state index contributed by atoms with van der Waals surface area (Å²) in [5, 5.41) is 7.79. The maximum atomic E-state index is 12.4. The van der Waals surface area contributed by atoms with Crippen molar-refractivity contribution in [3.63, 3.8) is 0 Å². The van der Waals surface area contributed by atoms with Crippen LogP contribution in [0.5, 0.6) is 11.5 Å². The van der Waals surface area contributed by atoms with Crippen molar-refractivity contribution in [1.82, 2.24) is 20.2 Å². The van der Waals surface area contributed by atoms with Crippen molar-refractivity contribution < 1.29 is 14.3 Å². The van der Waals surface area contributed by atoms with Gasteiger partial charge in [0.2, 0.25) is 5.91 Å². The van der Waals surface area contributed by atoms with Gasteiger partial charge in [-0.1, -0.05) is 24.6 Å². The normalized spacial score (nSPS) is 15.5. The second kappa shape index (κ2) is 10.0. The predicted molar refractivity (Wildman–Crippen MR) is 125 cm³/mol. The molecule has 9 heteroatoms. The van der Waals surface area contributed by atoms with Crippen molar-refractivity contribution in [2.75, 3.05) is 38.7 Å². The molecule has 0 saturated heterocycles. The van der Waals surface area contributed by atoms with Crippen LogP contribution in [0.3, 0.4) is 0 Å². The monoisotopic (exact) mass is 455 g/mol. The smallest absolute Gasteiger partial charge is 0.234 e. The van der Waals surface area contributed by atoms with Crippen LogP contribution < -0.4 is 20.1 Å². The summed E-state index contributed by atoms with van der Waals surface area (Å²) in [6.07, 6.45) is 2.19. The summed E-state index contributed by atoms with van der Waals surface area (Å²) in [5.74, 6) is 1.81. The molecule has 0 spiro atoms. The number of nitrogens with zero attached hydrogens (tertiary/aromatic N) is 3. The molecular weight excluding hydrogens is 430 g/mol. The fourth-order valence-corrected chi connectivity index (χ4v) is 3.80. The van der Waals surface area contributed by atoms with Crippen LogP contribution in [-0.4, -0.2) is 54.1 Å². The highest BCUT2D eigenvalue weighted by molar-refractivity contribution is 6.30. The number of amides is 1. The number of anilines is 2. The molecule has 4 rings (SSSR count). The third kappa shape index (κ3) is 5.03. The highest BCUT2D eigenvalue weighted by atomic mass is 35.5. The summed E-state index contributed by atoms with van der Waals surface area (Å²) in [6, 6.07) is 9.39. The zero-order valence-electron chi connectivity index (χ0n) is 18.2. The Kier molecular flexibility index (Phi) is 6.92. The van der Waals surface area contributed by atoms with Crippen LogP contribution in [0.2, 0.25) is 5.02 Å². The Hall–Kier alpha value is -3.10. The molecule has 1 aliphatic heterocycles. The molecular formula is C23H26ClN5O3. The van der Waals surface area contributed by atoms with Crippen LogP contribution in [-0.2, 0) is 11.3 Å². The number of aromatic nitrogens is 2. The Morgan fingerprint density at radius 1 is 1.22 bits per heavy atom. The van der Waals surface area contributed by atoms with Gasteiger partial charge in [0.25, 0.3) is 0 Å².